The molecule has 56 heavy (non-hydrogen) atoms. The Labute approximate surface area is 335 Å². The fourth-order valence-electron chi connectivity index (χ4n) is 8.15. The van der Waals surface area contributed by atoms with E-state index in [-0.39, 0.29) is 57.6 Å². The molecule has 2 heteroatoms. The largest absolute Gasteiger partial charge is 0.309 e. The predicted molar refractivity (Wildman–Crippen MR) is 237 cm³/mol. The van der Waals surface area contributed by atoms with E-state index in [1.807, 2.05) is 109 Å². The Balaban J connectivity index is 1.20. The van der Waals surface area contributed by atoms with Gasteiger partial charge in [0.15, 0.2) is 0 Å². The summed E-state index contributed by atoms with van der Waals surface area (Å²) in [5.74, 6) is 0. The minimum atomic E-state index is -0.425. The van der Waals surface area contributed by atoms with Gasteiger partial charge in [0.2, 0.25) is 0 Å². The molecule has 0 aliphatic rings. The van der Waals surface area contributed by atoms with E-state index >= 15 is 0 Å². The first-order valence-electron chi connectivity index (χ1n) is 22.2. The maximum absolute atomic E-state index is 9.95. The van der Waals surface area contributed by atoms with Crippen LogP contribution in [0.15, 0.2) is 218 Å². The SMILES string of the molecule is [2H]c1c([2H])c([2H])c2c(c1[2H])c1c([2H])c(-c3ccc4c(c3)c3ccc(-c5ccccc5)cc3n4-c3cccc(-c4ccccc4)c3)c([2H])c([2H])c1n2-c1ccccc1-c1ccccc1. The normalized spacial score (nSPS) is 13.3. The van der Waals surface area contributed by atoms with Gasteiger partial charge in [0.05, 0.1) is 37.3 Å². The Morgan fingerprint density at radius 1 is 0.321 bits per heavy atom. The summed E-state index contributed by atoms with van der Waals surface area (Å²) in [6.45, 7) is 0. The van der Waals surface area contributed by atoms with Crippen molar-refractivity contribution in [1.29, 1.82) is 0 Å². The molecule has 262 valence electrons. The van der Waals surface area contributed by atoms with Crippen LogP contribution in [0.3, 0.4) is 0 Å². The number of aromatic nitrogens is 2. The van der Waals surface area contributed by atoms with E-state index in [0.29, 0.717) is 11.3 Å². The molecule has 11 rings (SSSR count). The number of benzene rings is 9. The number of hydrogen-bond donors (Lipinski definition) is 0. The van der Waals surface area contributed by atoms with E-state index in [0.717, 1.165) is 60.9 Å². The lowest BCUT2D eigenvalue weighted by Gasteiger charge is -2.14. The van der Waals surface area contributed by atoms with Crippen molar-refractivity contribution >= 4 is 43.6 Å². The fraction of sp³-hybridized carbons (Fsp3) is 0. The number of hydrogen-bond acceptors (Lipinski definition) is 0. The molecule has 0 unspecified atom stereocenters. The third-order valence-corrected chi connectivity index (χ3v) is 10.8. The maximum Gasteiger partial charge on any atom is 0.0645 e. The summed E-state index contributed by atoms with van der Waals surface area (Å²) in [4.78, 5) is 0. The highest BCUT2D eigenvalue weighted by Crippen LogP contribution is 2.41. The molecule has 0 aliphatic carbocycles. The van der Waals surface area contributed by atoms with Crippen molar-refractivity contribution in [2.45, 2.75) is 0 Å². The van der Waals surface area contributed by atoms with Crippen LogP contribution in [-0.2, 0) is 0 Å². The molecule has 0 spiro atoms. The molecule has 0 radical (unpaired) electrons. The highest BCUT2D eigenvalue weighted by molar-refractivity contribution is 6.13. The molecule has 11 aromatic rings. The van der Waals surface area contributed by atoms with Crippen molar-refractivity contribution in [2.75, 3.05) is 0 Å². The van der Waals surface area contributed by atoms with E-state index in [2.05, 4.69) is 71.3 Å². The third kappa shape index (κ3) is 5.26. The highest BCUT2D eigenvalue weighted by Gasteiger charge is 2.18. The zero-order valence-electron chi connectivity index (χ0n) is 37.1. The molecule has 2 nitrogen and oxygen atoms in total. The van der Waals surface area contributed by atoms with Crippen molar-refractivity contribution in [3.05, 3.63) is 218 Å². The van der Waals surface area contributed by atoms with Crippen LogP contribution in [0.2, 0.25) is 0 Å². The molecule has 0 amide bonds. The maximum atomic E-state index is 9.95. The van der Waals surface area contributed by atoms with Crippen molar-refractivity contribution < 1.29 is 9.60 Å². The molecule has 2 heterocycles. The second-order valence-electron chi connectivity index (χ2n) is 14.0. The second-order valence-corrected chi connectivity index (χ2v) is 14.0. The van der Waals surface area contributed by atoms with Crippen LogP contribution in [0, 0.1) is 0 Å². The molecule has 0 bridgehead atoms. The Morgan fingerprint density at radius 3 is 1.73 bits per heavy atom. The Hall–Kier alpha value is -7.42. The van der Waals surface area contributed by atoms with Gasteiger partial charge in [-0.3, -0.25) is 0 Å². The minimum Gasteiger partial charge on any atom is -0.309 e. The number of fused-ring (bicyclic) bond motifs is 6. The van der Waals surface area contributed by atoms with Crippen LogP contribution in [-0.4, -0.2) is 9.13 Å². The summed E-state index contributed by atoms with van der Waals surface area (Å²) in [6, 6.07) is 56.7. The van der Waals surface area contributed by atoms with E-state index in [1.165, 1.54) is 0 Å². The predicted octanol–water partition coefficient (Wildman–Crippen LogP) is 14.5. The molecule has 0 aliphatic heterocycles. The molecule has 0 saturated heterocycles. The van der Waals surface area contributed by atoms with Gasteiger partial charge in [0.1, 0.15) is 0 Å². The quantitative estimate of drug-likeness (QED) is 0.162. The van der Waals surface area contributed by atoms with E-state index < -0.39 is 12.1 Å². The summed E-state index contributed by atoms with van der Waals surface area (Å²) < 4.78 is 69.1. The summed E-state index contributed by atoms with van der Waals surface area (Å²) in [5.41, 5.74) is 10.6. The van der Waals surface area contributed by atoms with Gasteiger partial charge in [0, 0.05) is 32.8 Å². The Morgan fingerprint density at radius 2 is 0.946 bits per heavy atom. The Kier molecular flexibility index (Phi) is 6.01. The van der Waals surface area contributed by atoms with Crippen molar-refractivity contribution in [1.82, 2.24) is 9.13 Å². The van der Waals surface area contributed by atoms with Crippen LogP contribution in [0.4, 0.5) is 0 Å². The molecule has 9 aromatic carbocycles. The van der Waals surface area contributed by atoms with E-state index in [4.69, 9.17) is 2.74 Å². The lowest BCUT2D eigenvalue weighted by molar-refractivity contribution is 1.18. The monoisotopic (exact) mass is 719 g/mol. The van der Waals surface area contributed by atoms with Crippen molar-refractivity contribution in [3.8, 4) is 55.9 Å². The standard InChI is InChI=1S/C54H36N2/c1-4-15-37(16-5-1)40-21-14-22-44(33-40)55-52-31-28-41(35-49(52)47-30-27-43(36-54(47)55)38-17-6-2-7-18-38)42-29-32-53-48(34-42)46-24-11-13-26-51(46)56(53)50-25-12-10-23-45(50)39-19-8-3-9-20-39/h1-36H/i11D,13D,24D,26D,29D,32D,34D. The first kappa shape index (κ1) is 25.6. The molecular weight excluding hydrogens is 677 g/mol. The van der Waals surface area contributed by atoms with E-state index in [9.17, 15) is 6.85 Å². The van der Waals surface area contributed by atoms with Crippen molar-refractivity contribution in [3.63, 3.8) is 0 Å². The lowest BCUT2D eigenvalue weighted by Crippen LogP contribution is -1.97. The second kappa shape index (κ2) is 13.2. The summed E-state index contributed by atoms with van der Waals surface area (Å²) in [5, 5.41) is 2.22. The highest BCUT2D eigenvalue weighted by atomic mass is 15.0. The first-order valence-corrected chi connectivity index (χ1v) is 18.7. The number of para-hydroxylation sites is 2. The van der Waals surface area contributed by atoms with Crippen LogP contribution < -0.4 is 0 Å². The van der Waals surface area contributed by atoms with Crippen LogP contribution in [0.25, 0.3) is 99.5 Å². The summed E-state index contributed by atoms with van der Waals surface area (Å²) in [7, 11) is 0. The first-order chi connectivity index (χ1) is 30.7. The van der Waals surface area contributed by atoms with Crippen LogP contribution >= 0.6 is 0 Å². The van der Waals surface area contributed by atoms with E-state index in [1.54, 1.807) is 4.57 Å². The van der Waals surface area contributed by atoms with Crippen LogP contribution in [0.1, 0.15) is 9.60 Å². The molecule has 0 N–H and O–H groups in total. The molecule has 0 saturated carbocycles. The van der Waals surface area contributed by atoms with Gasteiger partial charge in [-0.25, -0.2) is 0 Å². The Bertz CT molecular complexity index is 3630. The average molecular weight is 720 g/mol. The van der Waals surface area contributed by atoms with Gasteiger partial charge >= 0.3 is 0 Å². The topological polar surface area (TPSA) is 9.86 Å². The summed E-state index contributed by atoms with van der Waals surface area (Å²) in [6.07, 6.45) is 0. The third-order valence-electron chi connectivity index (χ3n) is 10.8. The molecule has 2 aromatic heterocycles. The van der Waals surface area contributed by atoms with Gasteiger partial charge in [0.25, 0.3) is 0 Å². The van der Waals surface area contributed by atoms with Crippen molar-refractivity contribution in [2.24, 2.45) is 0 Å². The average Bonchev–Trinajstić information content (AvgIpc) is 3.86. The number of rotatable bonds is 6. The fourth-order valence-corrected chi connectivity index (χ4v) is 8.15. The van der Waals surface area contributed by atoms with Gasteiger partial charge in [-0.05, 0) is 93.5 Å². The van der Waals surface area contributed by atoms with Crippen LogP contribution in [0.5, 0.6) is 0 Å². The number of nitrogens with zero attached hydrogens (tertiary/aromatic N) is 2. The zero-order valence-corrected chi connectivity index (χ0v) is 30.1. The minimum absolute atomic E-state index is 0.0815. The smallest absolute Gasteiger partial charge is 0.0645 e. The molecule has 0 fully saturated rings. The lowest BCUT2D eigenvalue weighted by atomic mass is 9.99. The molecular formula is C54H36N2. The molecule has 0 atom stereocenters. The summed E-state index contributed by atoms with van der Waals surface area (Å²) >= 11 is 0. The van der Waals surface area contributed by atoms with Gasteiger partial charge in [-0.2, -0.15) is 0 Å². The zero-order chi connectivity index (χ0) is 43.1. The van der Waals surface area contributed by atoms with Gasteiger partial charge in [-0.1, -0.05) is 164 Å². The van der Waals surface area contributed by atoms with Gasteiger partial charge < -0.3 is 9.13 Å². The van der Waals surface area contributed by atoms with Gasteiger partial charge in [-0.15, -0.1) is 0 Å².